The number of hydrogen-bond acceptors (Lipinski definition) is 4. The van der Waals surface area contributed by atoms with E-state index in [1.165, 1.54) is 15.4 Å². The maximum absolute atomic E-state index is 13.3. The van der Waals surface area contributed by atoms with Crippen LogP contribution >= 0.6 is 0 Å². The zero-order chi connectivity index (χ0) is 23.5. The summed E-state index contributed by atoms with van der Waals surface area (Å²) in [4.78, 5) is 13.6. The van der Waals surface area contributed by atoms with Gasteiger partial charge in [-0.25, -0.2) is 12.7 Å². The second-order valence-corrected chi connectivity index (χ2v) is 12.7. The first kappa shape index (κ1) is 22.6. The number of carbonyl (C=O) groups excluding carboxylic acids is 1. The van der Waals surface area contributed by atoms with Crippen LogP contribution < -0.4 is 0 Å². The summed E-state index contributed by atoms with van der Waals surface area (Å²) in [5.41, 5.74) is 3.08. The van der Waals surface area contributed by atoms with Crippen molar-refractivity contribution in [3.63, 3.8) is 0 Å². The lowest BCUT2D eigenvalue weighted by molar-refractivity contribution is -0.129. The van der Waals surface area contributed by atoms with Crippen molar-refractivity contribution in [3.8, 4) is 5.75 Å². The number of aryl methyl sites for hydroxylation is 2. The van der Waals surface area contributed by atoms with Crippen LogP contribution in [0.25, 0.3) is 0 Å². The molecule has 0 spiro atoms. The van der Waals surface area contributed by atoms with E-state index in [-0.39, 0.29) is 17.3 Å². The summed E-state index contributed by atoms with van der Waals surface area (Å²) >= 11 is 0. The molecule has 0 heterocycles. The second kappa shape index (κ2) is 7.95. The van der Waals surface area contributed by atoms with Crippen molar-refractivity contribution in [1.29, 1.82) is 0 Å². The van der Waals surface area contributed by atoms with Gasteiger partial charge >= 0.3 is 0 Å². The van der Waals surface area contributed by atoms with Crippen molar-refractivity contribution in [2.45, 2.75) is 56.8 Å². The molecule has 0 aromatic heterocycles. The first-order valence-electron chi connectivity index (χ1n) is 12.0. The fourth-order valence-corrected chi connectivity index (χ4v) is 8.51. The Kier molecular flexibility index (Phi) is 5.44. The molecule has 0 saturated heterocycles. The summed E-state index contributed by atoms with van der Waals surface area (Å²) < 4.78 is 28.0. The van der Waals surface area contributed by atoms with Gasteiger partial charge in [0.05, 0.1) is 4.90 Å². The molecule has 33 heavy (non-hydrogen) atoms. The Morgan fingerprint density at radius 3 is 2.70 bits per heavy atom. The third kappa shape index (κ3) is 3.62. The number of benzene rings is 2. The molecule has 1 N–H and O–H groups in total. The van der Waals surface area contributed by atoms with Crippen molar-refractivity contribution < 1.29 is 18.3 Å². The Morgan fingerprint density at radius 1 is 1.15 bits per heavy atom. The highest BCUT2D eigenvalue weighted by Crippen LogP contribution is 2.61. The van der Waals surface area contributed by atoms with Crippen LogP contribution in [0.1, 0.15) is 55.2 Å². The molecule has 3 aliphatic rings. The van der Waals surface area contributed by atoms with Crippen LogP contribution in [0.3, 0.4) is 0 Å². The lowest BCUT2D eigenvalue weighted by Crippen LogP contribution is -2.46. The molecule has 5 atom stereocenters. The summed E-state index contributed by atoms with van der Waals surface area (Å²) in [6, 6.07) is 12.7. The highest BCUT2D eigenvalue weighted by atomic mass is 32.2. The molecule has 5 rings (SSSR count). The van der Waals surface area contributed by atoms with Crippen LogP contribution in [-0.2, 0) is 21.2 Å². The molecule has 176 valence electrons. The van der Waals surface area contributed by atoms with E-state index in [9.17, 15) is 18.3 Å². The van der Waals surface area contributed by atoms with Crippen molar-refractivity contribution >= 4 is 15.8 Å². The molecule has 2 fully saturated rings. The van der Waals surface area contributed by atoms with E-state index in [2.05, 4.69) is 13.0 Å². The van der Waals surface area contributed by atoms with Crippen LogP contribution in [0.4, 0.5) is 0 Å². The van der Waals surface area contributed by atoms with Crippen molar-refractivity contribution in [3.05, 3.63) is 59.2 Å². The van der Waals surface area contributed by atoms with Gasteiger partial charge in [0.15, 0.2) is 0 Å². The van der Waals surface area contributed by atoms with E-state index < -0.39 is 10.0 Å². The molecule has 6 heteroatoms. The number of carbonyl (C=O) groups is 1. The average Bonchev–Trinajstić information content (AvgIpc) is 3.03. The number of hydrogen-bond donors (Lipinski definition) is 1. The molecule has 0 aliphatic heterocycles. The fourth-order valence-electron chi connectivity index (χ4n) is 7.17. The van der Waals surface area contributed by atoms with Crippen LogP contribution in [0.5, 0.6) is 5.75 Å². The summed E-state index contributed by atoms with van der Waals surface area (Å²) in [6.45, 7) is 4.38. The highest BCUT2D eigenvalue weighted by Gasteiger charge is 2.58. The monoisotopic (exact) mass is 467 g/mol. The van der Waals surface area contributed by atoms with Crippen LogP contribution in [0, 0.1) is 30.1 Å². The maximum Gasteiger partial charge on any atom is 0.242 e. The van der Waals surface area contributed by atoms with Crippen LogP contribution in [-0.4, -0.2) is 37.2 Å². The standard InChI is InChI=1S/C27H33NO4S/c1-17-5-4-6-21(13-17)33(31,32)28(3)16-19-15-25(30)27(2)12-11-23-22-10-8-20(29)14-18(22)7-9-24(23)26(19)27/h4-6,8,10,13-14,19,23-24,26,29H,7,9,11-12,15-16H2,1-3H3/t19-,23-,24-,26+,27-/m1/s1. The van der Waals surface area contributed by atoms with Gasteiger partial charge in [0.25, 0.3) is 0 Å². The van der Waals surface area contributed by atoms with Crippen LogP contribution in [0.2, 0.25) is 0 Å². The van der Waals surface area contributed by atoms with E-state index >= 15 is 0 Å². The third-order valence-corrected chi connectivity index (χ3v) is 10.6. The lowest BCUT2D eigenvalue weighted by atomic mass is 9.54. The number of ketones is 1. The molecule has 0 bridgehead atoms. The lowest BCUT2D eigenvalue weighted by Gasteiger charge is -2.50. The van der Waals surface area contributed by atoms with Gasteiger partial charge in [0.2, 0.25) is 10.0 Å². The number of phenols is 1. The molecule has 0 radical (unpaired) electrons. The molecule has 2 aromatic rings. The minimum atomic E-state index is -3.61. The van der Waals surface area contributed by atoms with E-state index in [1.54, 1.807) is 31.3 Å². The van der Waals surface area contributed by atoms with Gasteiger partial charge in [0, 0.05) is 25.4 Å². The van der Waals surface area contributed by atoms with Gasteiger partial charge in [-0.3, -0.25) is 4.79 Å². The Bertz CT molecular complexity index is 1210. The molecule has 2 saturated carbocycles. The Hall–Kier alpha value is -2.18. The first-order chi connectivity index (χ1) is 15.6. The summed E-state index contributed by atoms with van der Waals surface area (Å²) in [5, 5.41) is 9.93. The van der Waals surface area contributed by atoms with Gasteiger partial charge in [-0.15, -0.1) is 0 Å². The normalized spacial score (nSPS) is 31.2. The number of aromatic hydroxyl groups is 1. The largest absolute Gasteiger partial charge is 0.508 e. The highest BCUT2D eigenvalue weighted by molar-refractivity contribution is 7.89. The number of phenolic OH excluding ortho intramolecular Hbond substituents is 1. The van der Waals surface area contributed by atoms with Crippen molar-refractivity contribution in [2.24, 2.45) is 23.2 Å². The Labute approximate surface area is 196 Å². The van der Waals surface area contributed by atoms with E-state index in [0.29, 0.717) is 41.2 Å². The number of nitrogens with zero attached hydrogens (tertiary/aromatic N) is 1. The number of fused-ring (bicyclic) bond motifs is 5. The summed E-state index contributed by atoms with van der Waals surface area (Å²) in [6.07, 6.45) is 4.17. The Balaban J connectivity index is 1.45. The molecule has 0 amide bonds. The summed E-state index contributed by atoms with van der Waals surface area (Å²) in [7, 11) is -1.96. The molecular formula is C27H33NO4S. The van der Waals surface area contributed by atoms with E-state index in [1.807, 2.05) is 19.1 Å². The van der Waals surface area contributed by atoms with Gasteiger partial charge < -0.3 is 5.11 Å². The molecule has 3 aliphatic carbocycles. The quantitative estimate of drug-likeness (QED) is 0.709. The third-order valence-electron chi connectivity index (χ3n) is 8.74. The minimum absolute atomic E-state index is 0.0264. The molecule has 2 aromatic carbocycles. The maximum atomic E-state index is 13.3. The van der Waals surface area contributed by atoms with Gasteiger partial charge in [-0.05, 0) is 97.2 Å². The summed E-state index contributed by atoms with van der Waals surface area (Å²) in [5.74, 6) is 1.56. The SMILES string of the molecule is Cc1cccc(S(=O)(=O)N(C)C[C@H]2CC(=O)[C@@]3(C)CC[C@@H]4c5ccc(O)cc5CC[C@H]4[C@H]23)c1. The molecular weight excluding hydrogens is 434 g/mol. The first-order valence-corrected chi connectivity index (χ1v) is 13.4. The van der Waals surface area contributed by atoms with Gasteiger partial charge in [-0.1, -0.05) is 25.1 Å². The predicted octanol–water partition coefficient (Wildman–Crippen LogP) is 4.67. The number of rotatable bonds is 4. The predicted molar refractivity (Wildman–Crippen MR) is 128 cm³/mol. The van der Waals surface area contributed by atoms with Crippen LogP contribution in [0.15, 0.2) is 47.4 Å². The Morgan fingerprint density at radius 2 is 1.94 bits per heavy atom. The average molecular weight is 468 g/mol. The zero-order valence-corrected chi connectivity index (χ0v) is 20.4. The smallest absolute Gasteiger partial charge is 0.242 e. The fraction of sp³-hybridized carbons (Fsp3) is 0.519. The number of sulfonamides is 1. The van der Waals surface area contributed by atoms with Gasteiger partial charge in [-0.2, -0.15) is 0 Å². The van der Waals surface area contributed by atoms with E-state index in [0.717, 1.165) is 31.2 Å². The van der Waals surface area contributed by atoms with E-state index in [4.69, 9.17) is 0 Å². The van der Waals surface area contributed by atoms with Crippen molar-refractivity contribution in [2.75, 3.05) is 13.6 Å². The molecule has 5 nitrogen and oxygen atoms in total. The van der Waals surface area contributed by atoms with Crippen molar-refractivity contribution in [1.82, 2.24) is 4.31 Å². The topological polar surface area (TPSA) is 74.7 Å². The van der Waals surface area contributed by atoms with Gasteiger partial charge in [0.1, 0.15) is 11.5 Å². The minimum Gasteiger partial charge on any atom is -0.508 e. The second-order valence-electron chi connectivity index (χ2n) is 10.7. The molecule has 0 unspecified atom stereocenters. The number of Topliss-reactive ketones (excluding diaryl/α,β-unsaturated/α-hetero) is 1. The zero-order valence-electron chi connectivity index (χ0n) is 19.6.